The second kappa shape index (κ2) is 6.78. The van der Waals surface area contributed by atoms with E-state index in [0.29, 0.717) is 6.61 Å². The fraction of sp³-hybridized carbons (Fsp3) is 0.429. The Bertz CT molecular complexity index is 510. The van der Waals surface area contributed by atoms with Crippen molar-refractivity contribution in [1.82, 2.24) is 14.8 Å². The molecule has 0 aliphatic heterocycles. The molecule has 5 nitrogen and oxygen atoms in total. The SMILES string of the molecule is CCCOc1cccnc1NCCc1cnn(C)c1. The van der Waals surface area contributed by atoms with Gasteiger partial charge >= 0.3 is 0 Å². The summed E-state index contributed by atoms with van der Waals surface area (Å²) in [6, 6.07) is 3.83. The van der Waals surface area contributed by atoms with Crippen LogP contribution in [0.5, 0.6) is 5.75 Å². The van der Waals surface area contributed by atoms with Crippen LogP contribution < -0.4 is 10.1 Å². The third-order valence-electron chi connectivity index (χ3n) is 2.70. The molecular formula is C14H20N4O. The van der Waals surface area contributed by atoms with Crippen molar-refractivity contribution in [3.63, 3.8) is 0 Å². The maximum absolute atomic E-state index is 5.65. The van der Waals surface area contributed by atoms with E-state index in [1.807, 2.05) is 36.3 Å². The zero-order valence-electron chi connectivity index (χ0n) is 11.5. The highest BCUT2D eigenvalue weighted by atomic mass is 16.5. The molecule has 0 spiro atoms. The summed E-state index contributed by atoms with van der Waals surface area (Å²) in [4.78, 5) is 4.31. The van der Waals surface area contributed by atoms with Gasteiger partial charge in [0, 0.05) is 26.0 Å². The highest BCUT2D eigenvalue weighted by Gasteiger charge is 2.04. The molecule has 0 aliphatic carbocycles. The standard InChI is InChI=1S/C14H20N4O/c1-3-9-19-13-5-4-7-15-14(13)16-8-6-12-10-17-18(2)11-12/h4-5,7,10-11H,3,6,8-9H2,1-2H3,(H,15,16). The highest BCUT2D eigenvalue weighted by molar-refractivity contribution is 5.49. The van der Waals surface area contributed by atoms with E-state index in [-0.39, 0.29) is 0 Å². The third-order valence-corrected chi connectivity index (χ3v) is 2.70. The van der Waals surface area contributed by atoms with Crippen molar-refractivity contribution in [2.45, 2.75) is 19.8 Å². The van der Waals surface area contributed by atoms with Crippen molar-refractivity contribution >= 4 is 5.82 Å². The molecule has 0 bridgehead atoms. The molecule has 19 heavy (non-hydrogen) atoms. The number of anilines is 1. The number of hydrogen-bond acceptors (Lipinski definition) is 4. The van der Waals surface area contributed by atoms with Gasteiger partial charge in [-0.25, -0.2) is 4.98 Å². The maximum atomic E-state index is 5.65. The van der Waals surface area contributed by atoms with E-state index < -0.39 is 0 Å². The molecule has 0 fully saturated rings. The monoisotopic (exact) mass is 260 g/mol. The molecule has 0 atom stereocenters. The largest absolute Gasteiger partial charge is 0.490 e. The molecule has 0 amide bonds. The quantitative estimate of drug-likeness (QED) is 0.829. The lowest BCUT2D eigenvalue weighted by Crippen LogP contribution is -2.08. The molecule has 2 heterocycles. The summed E-state index contributed by atoms with van der Waals surface area (Å²) in [6.45, 7) is 3.61. The van der Waals surface area contributed by atoms with Gasteiger partial charge < -0.3 is 10.1 Å². The first kappa shape index (κ1) is 13.4. The molecule has 5 heteroatoms. The Morgan fingerprint density at radius 1 is 1.42 bits per heavy atom. The molecule has 0 saturated heterocycles. The Morgan fingerprint density at radius 3 is 3.05 bits per heavy atom. The minimum atomic E-state index is 0.711. The van der Waals surface area contributed by atoms with Crippen LogP contribution >= 0.6 is 0 Å². The van der Waals surface area contributed by atoms with Crippen LogP contribution in [-0.2, 0) is 13.5 Å². The van der Waals surface area contributed by atoms with Crippen molar-refractivity contribution in [3.05, 3.63) is 36.3 Å². The van der Waals surface area contributed by atoms with E-state index in [0.717, 1.165) is 31.0 Å². The van der Waals surface area contributed by atoms with Crippen LogP contribution in [-0.4, -0.2) is 27.9 Å². The number of ether oxygens (including phenoxy) is 1. The van der Waals surface area contributed by atoms with Crippen LogP contribution in [0.3, 0.4) is 0 Å². The lowest BCUT2D eigenvalue weighted by molar-refractivity contribution is 0.318. The number of aromatic nitrogens is 3. The van der Waals surface area contributed by atoms with Gasteiger partial charge in [-0.1, -0.05) is 6.92 Å². The summed E-state index contributed by atoms with van der Waals surface area (Å²) in [7, 11) is 1.92. The highest BCUT2D eigenvalue weighted by Crippen LogP contribution is 2.20. The van der Waals surface area contributed by atoms with Crippen molar-refractivity contribution in [3.8, 4) is 5.75 Å². The van der Waals surface area contributed by atoms with Gasteiger partial charge in [-0.05, 0) is 30.5 Å². The molecule has 0 aliphatic rings. The Kier molecular flexibility index (Phi) is 4.78. The summed E-state index contributed by atoms with van der Waals surface area (Å²) in [6.07, 6.45) is 7.58. The van der Waals surface area contributed by atoms with Gasteiger partial charge in [0.15, 0.2) is 11.6 Å². The van der Waals surface area contributed by atoms with E-state index in [9.17, 15) is 0 Å². The fourth-order valence-electron chi connectivity index (χ4n) is 1.78. The predicted octanol–water partition coefficient (Wildman–Crippen LogP) is 2.26. The van der Waals surface area contributed by atoms with Crippen molar-refractivity contribution in [1.29, 1.82) is 0 Å². The van der Waals surface area contributed by atoms with Crippen LogP contribution in [0.15, 0.2) is 30.7 Å². The van der Waals surface area contributed by atoms with Crippen LogP contribution in [0.1, 0.15) is 18.9 Å². The third kappa shape index (κ3) is 3.98. The summed E-state index contributed by atoms with van der Waals surface area (Å²) in [5.74, 6) is 1.62. The van der Waals surface area contributed by atoms with Crippen molar-refractivity contribution < 1.29 is 4.74 Å². The number of hydrogen-bond donors (Lipinski definition) is 1. The number of rotatable bonds is 7. The van der Waals surface area contributed by atoms with E-state index in [2.05, 4.69) is 22.3 Å². The first-order valence-corrected chi connectivity index (χ1v) is 6.59. The Morgan fingerprint density at radius 2 is 2.32 bits per heavy atom. The first-order chi connectivity index (χ1) is 9.29. The van der Waals surface area contributed by atoms with Crippen LogP contribution in [0.25, 0.3) is 0 Å². The average molecular weight is 260 g/mol. The second-order valence-electron chi connectivity index (χ2n) is 4.40. The zero-order chi connectivity index (χ0) is 13.5. The van der Waals surface area contributed by atoms with Gasteiger partial charge in [0.1, 0.15) is 0 Å². The lowest BCUT2D eigenvalue weighted by atomic mass is 10.2. The molecular weight excluding hydrogens is 240 g/mol. The number of nitrogens with one attached hydrogen (secondary N) is 1. The summed E-state index contributed by atoms with van der Waals surface area (Å²) in [5, 5.41) is 7.46. The Balaban J connectivity index is 1.88. The van der Waals surface area contributed by atoms with Crippen molar-refractivity contribution in [2.24, 2.45) is 7.05 Å². The summed E-state index contributed by atoms with van der Waals surface area (Å²) in [5.41, 5.74) is 1.21. The van der Waals surface area contributed by atoms with E-state index in [1.54, 1.807) is 6.20 Å². The van der Waals surface area contributed by atoms with Gasteiger partial charge in [-0.2, -0.15) is 5.10 Å². The molecule has 102 valence electrons. The maximum Gasteiger partial charge on any atom is 0.168 e. The van der Waals surface area contributed by atoms with Gasteiger partial charge in [0.05, 0.1) is 12.8 Å². The van der Waals surface area contributed by atoms with Crippen LogP contribution in [0.4, 0.5) is 5.82 Å². The van der Waals surface area contributed by atoms with Crippen LogP contribution in [0.2, 0.25) is 0 Å². The van der Waals surface area contributed by atoms with Crippen molar-refractivity contribution in [2.75, 3.05) is 18.5 Å². The smallest absolute Gasteiger partial charge is 0.168 e. The molecule has 1 N–H and O–H groups in total. The molecule has 2 aromatic rings. The Hall–Kier alpha value is -2.04. The predicted molar refractivity (Wildman–Crippen MR) is 75.4 cm³/mol. The fourth-order valence-corrected chi connectivity index (χ4v) is 1.78. The topological polar surface area (TPSA) is 52.0 Å². The first-order valence-electron chi connectivity index (χ1n) is 6.59. The van der Waals surface area contributed by atoms with Gasteiger partial charge in [-0.3, -0.25) is 4.68 Å². The molecule has 0 radical (unpaired) electrons. The number of nitrogens with zero attached hydrogens (tertiary/aromatic N) is 3. The molecule has 2 aromatic heterocycles. The lowest BCUT2D eigenvalue weighted by Gasteiger charge is -2.11. The average Bonchev–Trinajstić information content (AvgIpc) is 2.83. The second-order valence-corrected chi connectivity index (χ2v) is 4.40. The molecule has 0 unspecified atom stereocenters. The van der Waals surface area contributed by atoms with Crippen LogP contribution in [0, 0.1) is 0 Å². The molecule has 0 saturated carbocycles. The van der Waals surface area contributed by atoms with Gasteiger partial charge in [-0.15, -0.1) is 0 Å². The normalized spacial score (nSPS) is 10.4. The van der Waals surface area contributed by atoms with E-state index >= 15 is 0 Å². The molecule has 0 aromatic carbocycles. The summed E-state index contributed by atoms with van der Waals surface area (Å²) < 4.78 is 7.46. The van der Waals surface area contributed by atoms with Gasteiger partial charge in [0.2, 0.25) is 0 Å². The van der Waals surface area contributed by atoms with E-state index in [4.69, 9.17) is 4.74 Å². The van der Waals surface area contributed by atoms with E-state index in [1.165, 1.54) is 5.56 Å². The number of pyridine rings is 1. The van der Waals surface area contributed by atoms with Gasteiger partial charge in [0.25, 0.3) is 0 Å². The zero-order valence-corrected chi connectivity index (χ0v) is 11.5. The number of aryl methyl sites for hydroxylation is 1. The summed E-state index contributed by atoms with van der Waals surface area (Å²) >= 11 is 0. The Labute approximate surface area is 113 Å². The minimum Gasteiger partial charge on any atom is -0.490 e. The molecule has 2 rings (SSSR count). The minimum absolute atomic E-state index is 0.711.